The molecule has 0 unspecified atom stereocenters. The smallest absolute Gasteiger partial charge is 0.240 e. The second-order valence-corrected chi connectivity index (χ2v) is 7.45. The second-order valence-electron chi connectivity index (χ2n) is 7.45. The number of rotatable bonds is 7. The van der Waals surface area contributed by atoms with E-state index in [4.69, 9.17) is 9.47 Å². The molecule has 0 spiro atoms. The number of nitrogens with zero attached hydrogens (tertiary/aromatic N) is 2. The molecule has 1 aromatic heterocycles. The monoisotopic (exact) mass is 377 g/mol. The molecule has 7 heteroatoms. The number of amides is 1. The largest absolute Gasteiger partial charge is 0.491 e. The molecule has 0 aromatic carbocycles. The number of carbonyl (C=O) groups excluding carboxylic acids is 1. The van der Waals surface area contributed by atoms with Crippen LogP contribution in [0, 0.1) is 0 Å². The lowest BCUT2D eigenvalue weighted by Gasteiger charge is -2.23. The minimum atomic E-state index is -0.140. The number of pyridine rings is 1. The van der Waals surface area contributed by atoms with Crippen LogP contribution in [-0.2, 0) is 22.6 Å². The minimum absolute atomic E-state index is 0.0756. The van der Waals surface area contributed by atoms with Crippen LogP contribution >= 0.6 is 0 Å². The number of carbonyl (C=O) groups is 1. The fraction of sp³-hybridized carbons (Fsp3) is 0.700. The zero-order chi connectivity index (χ0) is 19.1. The molecule has 1 amide bonds. The van der Waals surface area contributed by atoms with Crippen molar-refractivity contribution in [3.05, 3.63) is 28.2 Å². The van der Waals surface area contributed by atoms with E-state index in [2.05, 4.69) is 10.2 Å². The van der Waals surface area contributed by atoms with Crippen molar-refractivity contribution in [2.75, 3.05) is 33.4 Å². The van der Waals surface area contributed by atoms with Gasteiger partial charge in [-0.05, 0) is 38.8 Å². The molecular formula is C20H31N3O4. The summed E-state index contributed by atoms with van der Waals surface area (Å²) in [7, 11) is 1.48. The summed E-state index contributed by atoms with van der Waals surface area (Å²) in [6, 6.07) is 1.61. The van der Waals surface area contributed by atoms with Crippen LogP contribution in [-0.4, -0.2) is 54.8 Å². The Balaban J connectivity index is 1.68. The summed E-state index contributed by atoms with van der Waals surface area (Å²) in [4.78, 5) is 27.0. The van der Waals surface area contributed by atoms with Gasteiger partial charge < -0.3 is 19.4 Å². The molecule has 0 radical (unpaired) electrons. The van der Waals surface area contributed by atoms with Crippen LogP contribution in [0.3, 0.4) is 0 Å². The zero-order valence-electron chi connectivity index (χ0n) is 16.2. The highest BCUT2D eigenvalue weighted by Gasteiger charge is 2.18. The Hall–Kier alpha value is -1.86. The minimum Gasteiger partial charge on any atom is -0.491 e. The molecule has 1 atom stereocenters. The van der Waals surface area contributed by atoms with Crippen LogP contribution in [0.4, 0.5) is 0 Å². The molecule has 0 saturated carbocycles. The van der Waals surface area contributed by atoms with Crippen LogP contribution in [0.15, 0.2) is 17.1 Å². The first-order valence-electron chi connectivity index (χ1n) is 10.0. The predicted octanol–water partition coefficient (Wildman–Crippen LogP) is 1.53. The van der Waals surface area contributed by atoms with Crippen LogP contribution in [0.1, 0.15) is 44.2 Å². The summed E-state index contributed by atoms with van der Waals surface area (Å²) < 4.78 is 12.6. The number of ether oxygens (including phenoxy) is 2. The summed E-state index contributed by atoms with van der Waals surface area (Å²) in [5.74, 6) is 0.190. The van der Waals surface area contributed by atoms with Crippen molar-refractivity contribution in [3.8, 4) is 5.75 Å². The summed E-state index contributed by atoms with van der Waals surface area (Å²) in [5, 5.41) is 2.95. The van der Waals surface area contributed by atoms with Gasteiger partial charge in [-0.1, -0.05) is 12.8 Å². The molecule has 0 aliphatic carbocycles. The van der Waals surface area contributed by atoms with Gasteiger partial charge in [-0.3, -0.25) is 14.5 Å². The van der Waals surface area contributed by atoms with Crippen molar-refractivity contribution in [1.82, 2.24) is 14.8 Å². The Labute approximate surface area is 160 Å². The van der Waals surface area contributed by atoms with Gasteiger partial charge in [-0.15, -0.1) is 0 Å². The molecule has 1 N–H and O–H groups in total. The van der Waals surface area contributed by atoms with Crippen LogP contribution in [0.25, 0.3) is 0 Å². The van der Waals surface area contributed by atoms with Gasteiger partial charge in [0.25, 0.3) is 0 Å². The number of aromatic nitrogens is 1. The lowest BCUT2D eigenvalue weighted by Crippen LogP contribution is -2.35. The Bertz CT molecular complexity index is 674. The Kier molecular flexibility index (Phi) is 7.29. The van der Waals surface area contributed by atoms with Crippen LogP contribution in [0.5, 0.6) is 5.75 Å². The normalized spacial score (nSPS) is 21.0. The molecule has 2 fully saturated rings. The first-order chi connectivity index (χ1) is 13.2. The molecule has 1 aromatic rings. The molecule has 150 valence electrons. The van der Waals surface area contributed by atoms with Gasteiger partial charge in [0.05, 0.1) is 19.4 Å². The van der Waals surface area contributed by atoms with E-state index in [1.165, 1.54) is 32.8 Å². The topological polar surface area (TPSA) is 72.8 Å². The van der Waals surface area contributed by atoms with E-state index in [1.54, 1.807) is 12.3 Å². The van der Waals surface area contributed by atoms with E-state index in [9.17, 15) is 9.59 Å². The molecule has 0 bridgehead atoms. The Morgan fingerprint density at radius 1 is 1.26 bits per heavy atom. The number of nitrogens with one attached hydrogen (secondary N) is 1. The van der Waals surface area contributed by atoms with Crippen LogP contribution < -0.4 is 15.5 Å². The van der Waals surface area contributed by atoms with Crippen molar-refractivity contribution < 1.29 is 14.3 Å². The Morgan fingerprint density at radius 3 is 2.70 bits per heavy atom. The van der Waals surface area contributed by atoms with Gasteiger partial charge in [0.2, 0.25) is 11.3 Å². The molecule has 27 heavy (non-hydrogen) atoms. The van der Waals surface area contributed by atoms with E-state index in [0.717, 1.165) is 38.2 Å². The van der Waals surface area contributed by atoms with E-state index >= 15 is 0 Å². The lowest BCUT2D eigenvalue weighted by molar-refractivity contribution is -0.122. The number of hydrogen-bond acceptors (Lipinski definition) is 5. The maximum absolute atomic E-state index is 12.4. The average molecular weight is 377 g/mol. The molecular weight excluding hydrogens is 346 g/mol. The van der Waals surface area contributed by atoms with E-state index in [0.29, 0.717) is 13.1 Å². The molecule has 7 nitrogen and oxygen atoms in total. The number of methoxy groups -OCH3 is 1. The van der Waals surface area contributed by atoms with Crippen molar-refractivity contribution >= 4 is 5.91 Å². The molecule has 2 aliphatic heterocycles. The zero-order valence-corrected chi connectivity index (χ0v) is 16.2. The van der Waals surface area contributed by atoms with Crippen LogP contribution in [0.2, 0.25) is 0 Å². The Morgan fingerprint density at radius 2 is 2.04 bits per heavy atom. The van der Waals surface area contributed by atoms with Crippen molar-refractivity contribution in [2.24, 2.45) is 0 Å². The third kappa shape index (κ3) is 5.81. The van der Waals surface area contributed by atoms with E-state index < -0.39 is 0 Å². The summed E-state index contributed by atoms with van der Waals surface area (Å²) in [5.41, 5.74) is 0.716. The standard InChI is InChI=1S/C20H31N3O4/c1-26-19-14-23(15-20(25)21-12-17-7-6-10-27-17)16(11-18(19)24)13-22-8-4-2-3-5-9-22/h11,14,17H,2-10,12-13,15H2,1H3,(H,21,25)/t17-/m0/s1. The first kappa shape index (κ1) is 19.9. The third-order valence-corrected chi connectivity index (χ3v) is 5.35. The first-order valence-corrected chi connectivity index (χ1v) is 10.0. The van der Waals surface area contributed by atoms with Gasteiger partial charge in [-0.25, -0.2) is 0 Å². The summed E-state index contributed by atoms with van der Waals surface area (Å²) >= 11 is 0. The maximum atomic E-state index is 12.4. The van der Waals surface area contributed by atoms with Gasteiger partial charge in [0.1, 0.15) is 6.54 Å². The maximum Gasteiger partial charge on any atom is 0.240 e. The molecule has 3 rings (SSSR count). The second kappa shape index (κ2) is 9.90. The molecule has 2 aliphatic rings. The van der Waals surface area contributed by atoms with Gasteiger partial charge in [0.15, 0.2) is 5.75 Å². The SMILES string of the molecule is COc1cn(CC(=O)NC[C@@H]2CCCO2)c(CN2CCCCCC2)cc1=O. The fourth-order valence-corrected chi connectivity index (χ4v) is 3.80. The van der Waals surface area contributed by atoms with E-state index in [1.807, 2.05) is 4.57 Å². The molecule has 3 heterocycles. The fourth-order valence-electron chi connectivity index (χ4n) is 3.80. The van der Waals surface area contributed by atoms with Crippen molar-refractivity contribution in [3.63, 3.8) is 0 Å². The third-order valence-electron chi connectivity index (χ3n) is 5.35. The van der Waals surface area contributed by atoms with Gasteiger partial charge in [-0.2, -0.15) is 0 Å². The number of hydrogen-bond donors (Lipinski definition) is 1. The highest BCUT2D eigenvalue weighted by molar-refractivity contribution is 5.75. The summed E-state index contributed by atoms with van der Waals surface area (Å²) in [6.45, 7) is 4.23. The summed E-state index contributed by atoms with van der Waals surface area (Å²) in [6.07, 6.45) is 8.71. The van der Waals surface area contributed by atoms with E-state index in [-0.39, 0.29) is 29.7 Å². The lowest BCUT2D eigenvalue weighted by atomic mass is 10.2. The predicted molar refractivity (Wildman–Crippen MR) is 103 cm³/mol. The highest BCUT2D eigenvalue weighted by atomic mass is 16.5. The van der Waals surface area contributed by atoms with Crippen molar-refractivity contribution in [2.45, 2.75) is 57.7 Å². The quantitative estimate of drug-likeness (QED) is 0.780. The van der Waals surface area contributed by atoms with Crippen molar-refractivity contribution in [1.29, 1.82) is 0 Å². The van der Waals surface area contributed by atoms with Gasteiger partial charge >= 0.3 is 0 Å². The van der Waals surface area contributed by atoms with Gasteiger partial charge in [0, 0.05) is 31.5 Å². The highest BCUT2D eigenvalue weighted by Crippen LogP contribution is 2.15. The number of likely N-dealkylation sites (tertiary alicyclic amines) is 1. The average Bonchev–Trinajstić information content (AvgIpc) is 3.05. The molecule has 2 saturated heterocycles.